The lowest BCUT2D eigenvalue weighted by Gasteiger charge is -2.36. The third kappa shape index (κ3) is 3.88. The van der Waals surface area contributed by atoms with Gasteiger partial charge in [0.15, 0.2) is 0 Å². The molecule has 0 bridgehead atoms. The molecule has 3 aromatic rings. The van der Waals surface area contributed by atoms with Gasteiger partial charge >= 0.3 is 0 Å². The van der Waals surface area contributed by atoms with Crippen molar-refractivity contribution < 1.29 is 18.0 Å². The molecule has 1 aromatic heterocycles. The average Bonchev–Trinajstić information content (AvgIpc) is 3.01. The van der Waals surface area contributed by atoms with E-state index in [2.05, 4.69) is 10.3 Å². The molecule has 1 fully saturated rings. The molecule has 1 saturated carbocycles. The molecule has 0 unspecified atom stereocenters. The number of hydrogen-bond donors (Lipinski definition) is 2. The zero-order valence-corrected chi connectivity index (χ0v) is 16.2. The molecule has 0 saturated heterocycles. The molecule has 0 radical (unpaired) electrons. The van der Waals surface area contributed by atoms with Gasteiger partial charge in [-0.05, 0) is 72.6 Å². The van der Waals surface area contributed by atoms with Crippen molar-refractivity contribution in [3.8, 4) is 11.3 Å². The normalized spacial score (nSPS) is 18.6. The molecule has 1 amide bonds. The Morgan fingerprint density at radius 2 is 1.83 bits per heavy atom. The van der Waals surface area contributed by atoms with E-state index in [1.54, 1.807) is 12.1 Å². The van der Waals surface area contributed by atoms with E-state index < -0.39 is 11.6 Å². The lowest BCUT2D eigenvalue weighted by Crippen LogP contribution is -2.35. The molecule has 2 aromatic carbocycles. The van der Waals surface area contributed by atoms with Crippen LogP contribution in [0.3, 0.4) is 0 Å². The highest BCUT2D eigenvalue weighted by molar-refractivity contribution is 5.92. The van der Waals surface area contributed by atoms with Crippen LogP contribution in [0.5, 0.6) is 0 Å². The summed E-state index contributed by atoms with van der Waals surface area (Å²) in [6, 6.07) is 8.21. The Balaban J connectivity index is 1.64. The van der Waals surface area contributed by atoms with E-state index in [9.17, 15) is 18.0 Å². The van der Waals surface area contributed by atoms with Crippen LogP contribution in [0.15, 0.2) is 36.4 Å². The van der Waals surface area contributed by atoms with E-state index >= 15 is 0 Å². The summed E-state index contributed by atoms with van der Waals surface area (Å²) in [5, 5.41) is 3.48. The Morgan fingerprint density at radius 1 is 1.10 bits per heavy atom. The largest absolute Gasteiger partial charge is 0.356 e. The van der Waals surface area contributed by atoms with Crippen LogP contribution in [-0.2, 0) is 4.79 Å². The van der Waals surface area contributed by atoms with Crippen LogP contribution in [0.4, 0.5) is 13.2 Å². The van der Waals surface area contributed by atoms with E-state index in [-0.39, 0.29) is 23.2 Å². The van der Waals surface area contributed by atoms with Crippen molar-refractivity contribution in [1.82, 2.24) is 10.3 Å². The first-order valence-electron chi connectivity index (χ1n) is 9.99. The van der Waals surface area contributed by atoms with Gasteiger partial charge in [-0.2, -0.15) is 0 Å². The number of nitrogens with one attached hydrogen (secondary N) is 2. The summed E-state index contributed by atoms with van der Waals surface area (Å²) >= 11 is 0. The number of benzene rings is 2. The van der Waals surface area contributed by atoms with Gasteiger partial charge in [0, 0.05) is 24.4 Å². The minimum absolute atomic E-state index is 0.0548. The predicted octanol–water partition coefficient (Wildman–Crippen LogP) is 5.66. The van der Waals surface area contributed by atoms with Crippen molar-refractivity contribution in [3.63, 3.8) is 0 Å². The number of carbonyl (C=O) groups is 1. The smallest absolute Gasteiger partial charge is 0.219 e. The molecule has 0 aliphatic heterocycles. The molecule has 6 heteroatoms. The SMILES string of the molecule is CCCC(=O)NC[C@H]1C[C@H](c2c(-c3ccc(F)cc3)[nH]c3c(F)cc(F)cc32)C1. The first kappa shape index (κ1) is 19.6. The van der Waals surface area contributed by atoms with Crippen molar-refractivity contribution in [2.75, 3.05) is 6.54 Å². The quantitative estimate of drug-likeness (QED) is 0.551. The average molecular weight is 400 g/mol. The summed E-state index contributed by atoms with van der Waals surface area (Å²) in [5.41, 5.74) is 2.56. The maximum Gasteiger partial charge on any atom is 0.219 e. The number of carbonyl (C=O) groups excluding carboxylic acids is 1. The standard InChI is InChI=1S/C23H23F3N2O/c1-2-3-20(29)27-12-13-8-15(9-13)21-18-10-17(25)11-19(26)23(18)28-22(21)14-4-6-16(24)7-5-14/h4-7,10-11,13,15,28H,2-3,8-9,12H2,1H3,(H,27,29)/t13-,15-. The Bertz CT molecular complexity index is 1040. The molecule has 4 rings (SSSR count). The van der Waals surface area contributed by atoms with E-state index in [1.807, 2.05) is 6.92 Å². The molecule has 29 heavy (non-hydrogen) atoms. The van der Waals surface area contributed by atoms with E-state index in [1.165, 1.54) is 18.2 Å². The first-order chi connectivity index (χ1) is 14.0. The Labute approximate surface area is 167 Å². The Hall–Kier alpha value is -2.76. The Morgan fingerprint density at radius 3 is 2.52 bits per heavy atom. The minimum Gasteiger partial charge on any atom is -0.356 e. The van der Waals surface area contributed by atoms with Gasteiger partial charge in [0.05, 0.1) is 11.2 Å². The lowest BCUT2D eigenvalue weighted by atomic mass is 9.70. The number of halogens is 3. The summed E-state index contributed by atoms with van der Waals surface area (Å²) in [6.45, 7) is 2.58. The van der Waals surface area contributed by atoms with Gasteiger partial charge in [-0.25, -0.2) is 13.2 Å². The number of rotatable bonds is 6. The van der Waals surface area contributed by atoms with E-state index in [0.717, 1.165) is 36.5 Å². The highest BCUT2D eigenvalue weighted by Gasteiger charge is 2.34. The molecule has 2 N–H and O–H groups in total. The number of fused-ring (bicyclic) bond motifs is 1. The molecule has 1 aliphatic carbocycles. The fourth-order valence-corrected chi connectivity index (χ4v) is 4.22. The van der Waals surface area contributed by atoms with Crippen molar-refractivity contribution in [2.45, 2.75) is 38.5 Å². The summed E-state index contributed by atoms with van der Waals surface area (Å²) in [6.07, 6.45) is 2.98. The first-order valence-corrected chi connectivity index (χ1v) is 9.99. The van der Waals surface area contributed by atoms with Crippen LogP contribution in [0.2, 0.25) is 0 Å². The third-order valence-electron chi connectivity index (χ3n) is 5.71. The highest BCUT2D eigenvalue weighted by Crippen LogP contribution is 2.48. The van der Waals surface area contributed by atoms with Crippen molar-refractivity contribution in [1.29, 1.82) is 0 Å². The second-order valence-corrected chi connectivity index (χ2v) is 7.82. The number of H-pyrrole nitrogens is 1. The summed E-state index contributed by atoms with van der Waals surface area (Å²) < 4.78 is 41.7. The van der Waals surface area contributed by atoms with Crippen LogP contribution >= 0.6 is 0 Å². The second kappa shape index (κ2) is 7.93. The monoisotopic (exact) mass is 400 g/mol. The molecule has 3 nitrogen and oxygen atoms in total. The van der Waals surface area contributed by atoms with Crippen molar-refractivity contribution >= 4 is 16.8 Å². The lowest BCUT2D eigenvalue weighted by molar-refractivity contribution is -0.121. The summed E-state index contributed by atoms with van der Waals surface area (Å²) in [5.74, 6) is -1.10. The molecule has 0 spiro atoms. The van der Waals surface area contributed by atoms with E-state index in [0.29, 0.717) is 30.0 Å². The molecular weight excluding hydrogens is 377 g/mol. The second-order valence-electron chi connectivity index (χ2n) is 7.82. The minimum atomic E-state index is -0.641. The summed E-state index contributed by atoms with van der Waals surface area (Å²) in [4.78, 5) is 14.8. The van der Waals surface area contributed by atoms with Crippen LogP contribution in [0.25, 0.3) is 22.2 Å². The van der Waals surface area contributed by atoms with Crippen LogP contribution < -0.4 is 5.32 Å². The zero-order chi connectivity index (χ0) is 20.5. The van der Waals surface area contributed by atoms with Crippen molar-refractivity contribution in [2.24, 2.45) is 5.92 Å². The van der Waals surface area contributed by atoms with Gasteiger partial charge in [0.2, 0.25) is 5.91 Å². The number of amides is 1. The highest BCUT2D eigenvalue weighted by atomic mass is 19.1. The predicted molar refractivity (Wildman–Crippen MR) is 107 cm³/mol. The molecule has 0 atom stereocenters. The third-order valence-corrected chi connectivity index (χ3v) is 5.71. The van der Waals surface area contributed by atoms with Gasteiger partial charge in [-0.15, -0.1) is 0 Å². The summed E-state index contributed by atoms with van der Waals surface area (Å²) in [7, 11) is 0. The maximum absolute atomic E-state index is 14.4. The Kier molecular flexibility index (Phi) is 5.35. The van der Waals surface area contributed by atoms with Gasteiger partial charge < -0.3 is 10.3 Å². The fraction of sp³-hybridized carbons (Fsp3) is 0.348. The van der Waals surface area contributed by atoms with Gasteiger partial charge in [-0.3, -0.25) is 4.79 Å². The van der Waals surface area contributed by atoms with E-state index in [4.69, 9.17) is 0 Å². The molecule has 1 heterocycles. The number of aromatic amines is 1. The fourth-order valence-electron chi connectivity index (χ4n) is 4.22. The van der Waals surface area contributed by atoms with Gasteiger partial charge in [0.1, 0.15) is 17.5 Å². The molecular formula is C23H23F3N2O. The number of aromatic nitrogens is 1. The van der Waals surface area contributed by atoms with Gasteiger partial charge in [-0.1, -0.05) is 6.92 Å². The van der Waals surface area contributed by atoms with Gasteiger partial charge in [0.25, 0.3) is 0 Å². The molecule has 152 valence electrons. The van der Waals surface area contributed by atoms with Crippen LogP contribution in [-0.4, -0.2) is 17.4 Å². The van der Waals surface area contributed by atoms with Crippen molar-refractivity contribution in [3.05, 3.63) is 59.4 Å². The number of hydrogen-bond acceptors (Lipinski definition) is 1. The maximum atomic E-state index is 14.4. The molecule has 1 aliphatic rings. The zero-order valence-electron chi connectivity index (χ0n) is 16.2. The van der Waals surface area contributed by atoms with Crippen LogP contribution in [0, 0.1) is 23.4 Å². The van der Waals surface area contributed by atoms with Crippen LogP contribution in [0.1, 0.15) is 44.1 Å². The topological polar surface area (TPSA) is 44.9 Å².